The lowest BCUT2D eigenvalue weighted by molar-refractivity contribution is 1.14. The molecule has 0 atom stereocenters. The first-order chi connectivity index (χ1) is 11.2. The van der Waals surface area contributed by atoms with Gasteiger partial charge in [-0.1, -0.05) is 37.1 Å². The highest BCUT2D eigenvalue weighted by Crippen LogP contribution is 2.25. The summed E-state index contributed by atoms with van der Waals surface area (Å²) in [5.74, 6) is 2.57. The van der Waals surface area contributed by atoms with Crippen LogP contribution in [0.3, 0.4) is 0 Å². The molecule has 23 heavy (non-hydrogen) atoms. The van der Waals surface area contributed by atoms with Gasteiger partial charge in [0.25, 0.3) is 0 Å². The fourth-order valence-electron chi connectivity index (χ4n) is 2.58. The predicted molar refractivity (Wildman–Crippen MR) is 96.4 cm³/mol. The van der Waals surface area contributed by atoms with Crippen molar-refractivity contribution in [3.8, 4) is 23.6 Å². The van der Waals surface area contributed by atoms with Crippen molar-refractivity contribution in [1.29, 1.82) is 0 Å². The van der Waals surface area contributed by atoms with Crippen LogP contribution in [-0.4, -0.2) is 16.5 Å². The van der Waals surface area contributed by atoms with E-state index in [-0.39, 0.29) is 0 Å². The fourth-order valence-corrected chi connectivity index (χ4v) is 2.58. The molecule has 0 saturated carbocycles. The molecule has 0 fully saturated rings. The zero-order valence-corrected chi connectivity index (χ0v) is 13.4. The summed E-state index contributed by atoms with van der Waals surface area (Å²) >= 11 is 0. The van der Waals surface area contributed by atoms with Crippen molar-refractivity contribution < 1.29 is 0 Å². The quantitative estimate of drug-likeness (QED) is 0.733. The molecule has 0 saturated heterocycles. The number of rotatable bonds is 4. The van der Waals surface area contributed by atoms with Gasteiger partial charge in [-0.15, -0.1) is 6.42 Å². The van der Waals surface area contributed by atoms with Crippen LogP contribution in [0.1, 0.15) is 18.2 Å². The highest BCUT2D eigenvalue weighted by Gasteiger charge is 2.08. The average molecular weight is 301 g/mol. The highest BCUT2D eigenvalue weighted by atomic mass is 14.9. The third kappa shape index (κ3) is 3.17. The topological polar surface area (TPSA) is 37.8 Å². The maximum Gasteiger partial charge on any atom is 0.0922 e. The molecule has 3 heteroatoms. The van der Waals surface area contributed by atoms with Gasteiger partial charge in [0, 0.05) is 11.3 Å². The lowest BCUT2D eigenvalue weighted by Crippen LogP contribution is -1.99. The van der Waals surface area contributed by atoms with Crippen molar-refractivity contribution in [2.75, 3.05) is 11.9 Å². The summed E-state index contributed by atoms with van der Waals surface area (Å²) in [6, 6.07) is 14.5. The van der Waals surface area contributed by atoms with Crippen LogP contribution in [0.2, 0.25) is 0 Å². The zero-order valence-electron chi connectivity index (χ0n) is 13.4. The van der Waals surface area contributed by atoms with Crippen LogP contribution < -0.4 is 5.32 Å². The summed E-state index contributed by atoms with van der Waals surface area (Å²) in [6.45, 7) is 4.65. The van der Waals surface area contributed by atoms with Gasteiger partial charge in [0.1, 0.15) is 0 Å². The van der Waals surface area contributed by atoms with Crippen molar-refractivity contribution in [2.24, 2.45) is 0 Å². The molecule has 3 aromatic rings. The van der Waals surface area contributed by atoms with Crippen LogP contribution in [0.5, 0.6) is 0 Å². The van der Waals surface area contributed by atoms with Crippen molar-refractivity contribution in [3.05, 3.63) is 53.7 Å². The summed E-state index contributed by atoms with van der Waals surface area (Å²) in [7, 11) is 0. The van der Waals surface area contributed by atoms with Gasteiger partial charge in [-0.3, -0.25) is 0 Å². The third-order valence-corrected chi connectivity index (χ3v) is 3.87. The molecule has 2 aromatic carbocycles. The average Bonchev–Trinajstić information content (AvgIpc) is 2.59. The molecular weight excluding hydrogens is 282 g/mol. The molecule has 0 bridgehead atoms. The van der Waals surface area contributed by atoms with E-state index in [2.05, 4.69) is 47.4 Å². The molecule has 3 nitrogen and oxygen atoms in total. The first-order valence-electron chi connectivity index (χ1n) is 7.76. The summed E-state index contributed by atoms with van der Waals surface area (Å²) in [5, 5.41) is 3.17. The second-order valence-electron chi connectivity index (χ2n) is 5.47. The van der Waals surface area contributed by atoms with Gasteiger partial charge in [0.2, 0.25) is 0 Å². The number of nitrogens with zero attached hydrogens (tertiary/aromatic N) is 2. The number of aryl methyl sites for hydroxylation is 2. The Morgan fingerprint density at radius 1 is 1.04 bits per heavy atom. The smallest absolute Gasteiger partial charge is 0.0922 e. The third-order valence-electron chi connectivity index (χ3n) is 3.87. The number of fused-ring (bicyclic) bond motifs is 1. The van der Waals surface area contributed by atoms with Gasteiger partial charge >= 0.3 is 0 Å². The van der Waals surface area contributed by atoms with Crippen LogP contribution in [-0.2, 0) is 6.42 Å². The number of nitrogens with one attached hydrogen (secondary N) is 1. The van der Waals surface area contributed by atoms with E-state index in [1.807, 2.05) is 25.1 Å². The Balaban J connectivity index is 2.05. The number of hydrogen-bond acceptors (Lipinski definition) is 3. The summed E-state index contributed by atoms with van der Waals surface area (Å²) in [5.41, 5.74) is 6.99. The Morgan fingerprint density at radius 3 is 2.52 bits per heavy atom. The lowest BCUT2D eigenvalue weighted by atomic mass is 10.1. The molecule has 0 spiro atoms. The second kappa shape index (κ2) is 6.50. The Labute approximate surface area is 136 Å². The number of benzene rings is 2. The van der Waals surface area contributed by atoms with E-state index in [1.54, 1.807) is 0 Å². The van der Waals surface area contributed by atoms with Gasteiger partial charge in [-0.2, -0.15) is 0 Å². The molecule has 0 radical (unpaired) electrons. The van der Waals surface area contributed by atoms with Gasteiger partial charge < -0.3 is 5.32 Å². The number of aromatic nitrogens is 2. The molecule has 114 valence electrons. The van der Waals surface area contributed by atoms with Crippen molar-refractivity contribution in [3.63, 3.8) is 0 Å². The van der Waals surface area contributed by atoms with E-state index in [1.165, 1.54) is 5.56 Å². The molecule has 3 rings (SSSR count). The normalized spacial score (nSPS) is 10.5. The van der Waals surface area contributed by atoms with Crippen molar-refractivity contribution >= 4 is 16.7 Å². The Morgan fingerprint density at radius 2 is 1.83 bits per heavy atom. The largest absolute Gasteiger partial charge is 0.374 e. The monoisotopic (exact) mass is 301 g/mol. The molecule has 1 N–H and O–H groups in total. The number of anilines is 1. The molecule has 0 aliphatic heterocycles. The fraction of sp³-hybridized carbons (Fsp3) is 0.200. The van der Waals surface area contributed by atoms with E-state index in [0.717, 1.165) is 40.1 Å². The van der Waals surface area contributed by atoms with Gasteiger partial charge in [-0.05, 0) is 37.1 Å². The minimum absolute atomic E-state index is 0.496. The second-order valence-corrected chi connectivity index (χ2v) is 5.47. The molecule has 1 aromatic heterocycles. The summed E-state index contributed by atoms with van der Waals surface area (Å²) in [4.78, 5) is 9.50. The zero-order chi connectivity index (χ0) is 16.2. The van der Waals surface area contributed by atoms with E-state index < -0.39 is 0 Å². The maximum atomic E-state index is 5.29. The first-order valence-corrected chi connectivity index (χ1v) is 7.76. The minimum atomic E-state index is 0.496. The van der Waals surface area contributed by atoms with Gasteiger partial charge in [0.05, 0.1) is 29.0 Å². The number of terminal acetylenes is 1. The first kappa shape index (κ1) is 15.1. The summed E-state index contributed by atoms with van der Waals surface area (Å²) in [6.07, 6.45) is 6.33. The Bertz CT molecular complexity index is 874. The van der Waals surface area contributed by atoms with E-state index >= 15 is 0 Å². The lowest BCUT2D eigenvalue weighted by Gasteiger charge is -2.09. The minimum Gasteiger partial charge on any atom is -0.374 e. The SMILES string of the molecule is C#CCNc1ccc2nc(C)c(-c3ccc(CC)cc3)nc2c1. The Kier molecular flexibility index (Phi) is 4.25. The van der Waals surface area contributed by atoms with Crippen molar-refractivity contribution in [2.45, 2.75) is 20.3 Å². The molecule has 0 aliphatic carbocycles. The molecule has 0 amide bonds. The van der Waals surface area contributed by atoms with E-state index in [9.17, 15) is 0 Å². The standard InChI is InChI=1S/C20H19N3/c1-4-12-21-17-10-11-18-19(13-17)23-20(14(3)22-18)16-8-6-15(5-2)7-9-16/h1,6-11,13,21H,5,12H2,2-3H3. The maximum absolute atomic E-state index is 5.29. The predicted octanol–water partition coefficient (Wildman–Crippen LogP) is 4.21. The van der Waals surface area contributed by atoms with Crippen LogP contribution in [0.15, 0.2) is 42.5 Å². The summed E-state index contributed by atoms with van der Waals surface area (Å²) < 4.78 is 0. The molecule has 0 aliphatic rings. The van der Waals surface area contributed by atoms with Crippen LogP contribution in [0.25, 0.3) is 22.3 Å². The van der Waals surface area contributed by atoms with Crippen LogP contribution in [0, 0.1) is 19.3 Å². The highest BCUT2D eigenvalue weighted by molar-refractivity contribution is 5.81. The van der Waals surface area contributed by atoms with E-state index in [0.29, 0.717) is 6.54 Å². The molecular formula is C20H19N3. The Hall–Kier alpha value is -2.86. The number of hydrogen-bond donors (Lipinski definition) is 1. The van der Waals surface area contributed by atoms with Crippen LogP contribution in [0.4, 0.5) is 5.69 Å². The molecule has 1 heterocycles. The van der Waals surface area contributed by atoms with Crippen LogP contribution >= 0.6 is 0 Å². The molecule has 0 unspecified atom stereocenters. The van der Waals surface area contributed by atoms with E-state index in [4.69, 9.17) is 11.4 Å². The van der Waals surface area contributed by atoms with Gasteiger partial charge in [0.15, 0.2) is 0 Å². The van der Waals surface area contributed by atoms with Crippen molar-refractivity contribution in [1.82, 2.24) is 9.97 Å². The van der Waals surface area contributed by atoms with Gasteiger partial charge in [-0.25, -0.2) is 9.97 Å².